The van der Waals surface area contributed by atoms with Crippen LogP contribution in [0.4, 0.5) is 11.4 Å². The molecule has 0 bridgehead atoms. The summed E-state index contributed by atoms with van der Waals surface area (Å²) in [7, 11) is 0. The first-order chi connectivity index (χ1) is 13.3. The van der Waals surface area contributed by atoms with Crippen molar-refractivity contribution in [2.24, 2.45) is 5.10 Å². The molecular weight excluding hydrogens is 372 g/mol. The molecule has 0 radical (unpaired) electrons. The van der Waals surface area contributed by atoms with E-state index in [0.717, 1.165) is 24.3 Å². The monoisotopic (exact) mass is 388 g/mol. The molecule has 11 heteroatoms. The first-order valence-corrected chi connectivity index (χ1v) is 8.01. The van der Waals surface area contributed by atoms with E-state index < -0.39 is 32.9 Å². The van der Waals surface area contributed by atoms with E-state index in [0.29, 0.717) is 11.8 Å². The predicted octanol–water partition coefficient (Wildman–Crippen LogP) is 2.30. The molecule has 0 heterocycles. The number of benzene rings is 2. The van der Waals surface area contributed by atoms with Gasteiger partial charge in [-0.05, 0) is 24.1 Å². The van der Waals surface area contributed by atoms with Crippen LogP contribution < -0.4 is 10.2 Å². The minimum Gasteiger partial charge on any atom is -0.502 e. The van der Waals surface area contributed by atoms with Crippen LogP contribution in [0.15, 0.2) is 41.5 Å². The van der Waals surface area contributed by atoms with Crippen molar-refractivity contribution in [3.63, 3.8) is 0 Å². The minimum absolute atomic E-state index is 0.294. The summed E-state index contributed by atoms with van der Waals surface area (Å²) in [6.45, 7) is 1.67. The summed E-state index contributed by atoms with van der Waals surface area (Å²) in [5, 5.41) is 35.1. The summed E-state index contributed by atoms with van der Waals surface area (Å²) in [5.41, 5.74) is 1.48. The van der Waals surface area contributed by atoms with E-state index in [4.69, 9.17) is 4.74 Å². The van der Waals surface area contributed by atoms with Gasteiger partial charge >= 0.3 is 5.69 Å². The molecule has 2 N–H and O–H groups in total. The van der Waals surface area contributed by atoms with Crippen molar-refractivity contribution in [2.45, 2.75) is 13.3 Å². The summed E-state index contributed by atoms with van der Waals surface area (Å²) in [6, 6.07) is 8.69. The zero-order valence-electron chi connectivity index (χ0n) is 14.7. The first kappa shape index (κ1) is 20.3. The van der Waals surface area contributed by atoms with Crippen molar-refractivity contribution in [2.75, 3.05) is 6.61 Å². The number of aryl methyl sites for hydroxylation is 1. The van der Waals surface area contributed by atoms with Crippen LogP contribution in [0.25, 0.3) is 0 Å². The number of nitrogens with zero attached hydrogens (tertiary/aromatic N) is 3. The van der Waals surface area contributed by atoms with Crippen molar-refractivity contribution in [3.8, 4) is 11.5 Å². The molecule has 1 amide bonds. The van der Waals surface area contributed by atoms with Gasteiger partial charge in [0.05, 0.1) is 27.7 Å². The van der Waals surface area contributed by atoms with Crippen LogP contribution in [0.5, 0.6) is 11.5 Å². The highest BCUT2D eigenvalue weighted by Crippen LogP contribution is 2.33. The molecule has 0 saturated heterocycles. The van der Waals surface area contributed by atoms with Gasteiger partial charge in [0.2, 0.25) is 5.75 Å². The van der Waals surface area contributed by atoms with Crippen LogP contribution in [0.1, 0.15) is 18.1 Å². The summed E-state index contributed by atoms with van der Waals surface area (Å²) in [4.78, 5) is 31.7. The largest absolute Gasteiger partial charge is 0.502 e. The number of non-ortho nitro benzene ring substituents is 1. The molecule has 0 saturated carbocycles. The number of phenols is 1. The topological polar surface area (TPSA) is 157 Å². The van der Waals surface area contributed by atoms with Gasteiger partial charge in [-0.2, -0.15) is 5.10 Å². The number of ether oxygens (including phenoxy) is 1. The van der Waals surface area contributed by atoms with Crippen molar-refractivity contribution < 1.29 is 24.5 Å². The first-order valence-electron chi connectivity index (χ1n) is 8.01. The van der Waals surface area contributed by atoms with Crippen LogP contribution in [0.2, 0.25) is 0 Å². The van der Waals surface area contributed by atoms with Crippen molar-refractivity contribution in [1.29, 1.82) is 0 Å². The van der Waals surface area contributed by atoms with Crippen LogP contribution in [0, 0.1) is 20.2 Å². The quantitative estimate of drug-likeness (QED) is 0.399. The predicted molar refractivity (Wildman–Crippen MR) is 98.5 cm³/mol. The average Bonchev–Trinajstić information content (AvgIpc) is 2.67. The van der Waals surface area contributed by atoms with Gasteiger partial charge in [0, 0.05) is 6.07 Å². The molecular formula is C17H16N4O7. The number of rotatable bonds is 8. The zero-order valence-corrected chi connectivity index (χ0v) is 14.7. The van der Waals surface area contributed by atoms with E-state index in [1.165, 1.54) is 0 Å². The third-order valence-electron chi connectivity index (χ3n) is 3.61. The molecule has 2 aromatic carbocycles. The summed E-state index contributed by atoms with van der Waals surface area (Å²) in [6.07, 6.45) is 1.74. The lowest BCUT2D eigenvalue weighted by molar-refractivity contribution is -0.394. The standard InChI is InChI=1S/C17H16N4O7/c1-2-11-3-5-14(6-4-11)28-10-16(22)19-18-9-12-7-13(20(24)25)8-15(17(12)23)21(26)27/h3-9,23H,2,10H2,1H3,(H,19,22)/b18-9-. The van der Waals surface area contributed by atoms with Crippen LogP contribution >= 0.6 is 0 Å². The van der Waals surface area contributed by atoms with E-state index in [1.54, 1.807) is 12.1 Å². The number of amides is 1. The zero-order chi connectivity index (χ0) is 20.7. The van der Waals surface area contributed by atoms with Gasteiger partial charge in [0.25, 0.3) is 11.6 Å². The van der Waals surface area contributed by atoms with Gasteiger partial charge in [-0.3, -0.25) is 25.0 Å². The Kier molecular flexibility index (Phi) is 6.58. The maximum absolute atomic E-state index is 11.7. The molecule has 28 heavy (non-hydrogen) atoms. The molecule has 2 rings (SSSR count). The lowest BCUT2D eigenvalue weighted by Crippen LogP contribution is -2.24. The lowest BCUT2D eigenvalue weighted by atomic mass is 10.1. The number of hydrogen-bond donors (Lipinski definition) is 2. The highest BCUT2D eigenvalue weighted by molar-refractivity contribution is 5.88. The van der Waals surface area contributed by atoms with Gasteiger partial charge < -0.3 is 9.84 Å². The van der Waals surface area contributed by atoms with E-state index in [1.807, 2.05) is 19.1 Å². The van der Waals surface area contributed by atoms with Gasteiger partial charge in [-0.25, -0.2) is 5.43 Å². The number of nitrogens with one attached hydrogen (secondary N) is 1. The van der Waals surface area contributed by atoms with Crippen LogP contribution in [0.3, 0.4) is 0 Å². The van der Waals surface area contributed by atoms with Crippen molar-refractivity contribution in [1.82, 2.24) is 5.43 Å². The fourth-order valence-corrected chi connectivity index (χ4v) is 2.15. The van der Waals surface area contributed by atoms with Crippen molar-refractivity contribution in [3.05, 3.63) is 67.8 Å². The third-order valence-corrected chi connectivity index (χ3v) is 3.61. The van der Waals surface area contributed by atoms with Crippen LogP contribution in [-0.2, 0) is 11.2 Å². The molecule has 0 unspecified atom stereocenters. The second kappa shape index (κ2) is 9.07. The number of nitro groups is 2. The number of carbonyl (C=O) groups is 1. The second-order valence-electron chi connectivity index (χ2n) is 5.50. The fraction of sp³-hybridized carbons (Fsp3) is 0.176. The van der Waals surface area contributed by atoms with E-state index >= 15 is 0 Å². The Balaban J connectivity index is 2.01. The highest BCUT2D eigenvalue weighted by Gasteiger charge is 2.23. The highest BCUT2D eigenvalue weighted by atomic mass is 16.6. The number of hydrazone groups is 1. The number of aromatic hydroxyl groups is 1. The Labute approximate surface area is 158 Å². The fourth-order valence-electron chi connectivity index (χ4n) is 2.15. The molecule has 0 aliphatic rings. The molecule has 0 spiro atoms. The van der Waals surface area contributed by atoms with Crippen LogP contribution in [-0.4, -0.2) is 33.7 Å². The van der Waals surface area contributed by atoms with E-state index in [-0.39, 0.29) is 12.2 Å². The summed E-state index contributed by atoms with van der Waals surface area (Å²) in [5.74, 6) is -0.945. The van der Waals surface area contributed by atoms with Gasteiger partial charge in [0.1, 0.15) is 5.75 Å². The SMILES string of the molecule is CCc1ccc(OCC(=O)N/N=C\c2cc([N+](=O)[O-])cc([N+](=O)[O-])c2O)cc1. The molecule has 11 nitrogen and oxygen atoms in total. The van der Waals surface area contributed by atoms with Gasteiger partial charge in [-0.15, -0.1) is 0 Å². The molecule has 0 aliphatic carbocycles. The Morgan fingerprint density at radius 2 is 1.89 bits per heavy atom. The Hall–Kier alpha value is -4.02. The van der Waals surface area contributed by atoms with E-state index in [2.05, 4.69) is 10.5 Å². The maximum Gasteiger partial charge on any atom is 0.318 e. The Morgan fingerprint density at radius 3 is 2.46 bits per heavy atom. The number of phenolic OH excluding ortho intramolecular Hbond substituents is 1. The van der Waals surface area contributed by atoms with Gasteiger partial charge in [-0.1, -0.05) is 19.1 Å². The Bertz CT molecular complexity index is 926. The summed E-state index contributed by atoms with van der Waals surface area (Å²) < 4.78 is 5.28. The van der Waals surface area contributed by atoms with E-state index in [9.17, 15) is 30.1 Å². The molecule has 0 aliphatic heterocycles. The Morgan fingerprint density at radius 1 is 1.21 bits per heavy atom. The number of hydrogen-bond acceptors (Lipinski definition) is 8. The smallest absolute Gasteiger partial charge is 0.318 e. The normalized spacial score (nSPS) is 10.6. The van der Waals surface area contributed by atoms with Gasteiger partial charge in [0.15, 0.2) is 6.61 Å². The molecule has 2 aromatic rings. The average molecular weight is 388 g/mol. The number of nitro benzene ring substituents is 2. The second-order valence-corrected chi connectivity index (χ2v) is 5.50. The molecule has 146 valence electrons. The summed E-state index contributed by atoms with van der Waals surface area (Å²) >= 11 is 0. The minimum atomic E-state index is -0.962. The number of carbonyl (C=O) groups excluding carboxylic acids is 1. The molecule has 0 aromatic heterocycles. The molecule has 0 atom stereocenters. The van der Waals surface area contributed by atoms with Crippen molar-refractivity contribution >= 4 is 23.5 Å². The lowest BCUT2D eigenvalue weighted by Gasteiger charge is -2.05. The third kappa shape index (κ3) is 5.24. The molecule has 0 fully saturated rings. The maximum atomic E-state index is 11.7.